The van der Waals surface area contributed by atoms with Gasteiger partial charge in [0.05, 0.1) is 0 Å². The van der Waals surface area contributed by atoms with Crippen molar-refractivity contribution < 1.29 is 0 Å². The van der Waals surface area contributed by atoms with E-state index >= 15 is 0 Å². The maximum Gasteiger partial charge on any atom is 0.0210 e. The van der Waals surface area contributed by atoms with Crippen LogP contribution in [-0.4, -0.2) is 0 Å². The molecule has 0 bridgehead atoms. The lowest BCUT2D eigenvalue weighted by atomic mass is 9.77. The Morgan fingerprint density at radius 1 is 0.710 bits per heavy atom. The molecule has 1 heteroatoms. The molecule has 31 heavy (non-hydrogen) atoms. The second kappa shape index (κ2) is 13.5. The Hall–Kier alpha value is -1.08. The summed E-state index contributed by atoms with van der Waals surface area (Å²) in [6.07, 6.45) is 18.7. The lowest BCUT2D eigenvalue weighted by Crippen LogP contribution is -2.13. The molecule has 2 aromatic carbocycles. The number of hydrogen-bond donors (Lipinski definition) is 0. The van der Waals surface area contributed by atoms with Gasteiger partial charge in [-0.3, -0.25) is 0 Å². The van der Waals surface area contributed by atoms with E-state index in [2.05, 4.69) is 72.2 Å². The summed E-state index contributed by atoms with van der Waals surface area (Å²) in [5.74, 6) is 1.76. The fourth-order valence-electron chi connectivity index (χ4n) is 5.22. The number of hydrogen-bond acceptors (Lipinski definition) is 0. The van der Waals surface area contributed by atoms with Crippen molar-refractivity contribution in [2.24, 2.45) is 5.92 Å². The zero-order chi connectivity index (χ0) is 21.9. The van der Waals surface area contributed by atoms with Gasteiger partial charge >= 0.3 is 0 Å². The quantitative estimate of drug-likeness (QED) is 0.264. The van der Waals surface area contributed by atoms with Crippen molar-refractivity contribution in [1.82, 2.24) is 0 Å². The smallest absolute Gasteiger partial charge is 0.0210 e. The molecule has 1 aliphatic carbocycles. The molecule has 0 aliphatic heterocycles. The summed E-state index contributed by atoms with van der Waals surface area (Å²) in [4.78, 5) is 0. The van der Waals surface area contributed by atoms with Gasteiger partial charge in [-0.2, -0.15) is 0 Å². The van der Waals surface area contributed by atoms with Crippen LogP contribution in [0.4, 0.5) is 0 Å². The number of aryl methyl sites for hydroxylation is 3. The summed E-state index contributed by atoms with van der Waals surface area (Å²) in [5.41, 5.74) is 5.95. The summed E-state index contributed by atoms with van der Waals surface area (Å²) in [7, 11) is 0. The summed E-state index contributed by atoms with van der Waals surface area (Å²) >= 11 is 3.89. The molecular weight excluding hydrogens is 440 g/mol. The number of unbranched alkanes of at least 4 members (excludes halogenated alkanes) is 4. The van der Waals surface area contributed by atoms with Crippen LogP contribution in [0.2, 0.25) is 0 Å². The largest absolute Gasteiger partial charge is 0.0654 e. The van der Waals surface area contributed by atoms with Gasteiger partial charge in [-0.05, 0) is 91.5 Å². The SMILES string of the molecule is CCCCCc1ccc(CCc2ccc([C@H]3CC[C@H](CCCCC)CC3)cc2Br)cc1. The van der Waals surface area contributed by atoms with Crippen LogP contribution in [-0.2, 0) is 19.3 Å². The van der Waals surface area contributed by atoms with Crippen LogP contribution < -0.4 is 0 Å². The topological polar surface area (TPSA) is 0 Å². The zero-order valence-corrected chi connectivity index (χ0v) is 21.6. The molecule has 0 nitrogen and oxygen atoms in total. The molecule has 170 valence electrons. The highest BCUT2D eigenvalue weighted by Gasteiger charge is 2.22. The van der Waals surface area contributed by atoms with E-state index in [4.69, 9.17) is 0 Å². The van der Waals surface area contributed by atoms with Gasteiger partial charge in [0.25, 0.3) is 0 Å². The van der Waals surface area contributed by atoms with Crippen molar-refractivity contribution in [3.05, 3.63) is 69.2 Å². The standard InChI is InChI=1S/C30H43Br/c1-3-5-7-9-24-11-13-26(14-12-24)17-20-28-21-22-29(23-30(28)31)27-18-15-25(16-19-27)10-8-6-4-2/h11-14,21-23,25,27H,3-10,15-20H2,1-2H3/t25-,27-. The first-order chi connectivity index (χ1) is 15.2. The van der Waals surface area contributed by atoms with E-state index in [1.165, 1.54) is 98.2 Å². The van der Waals surface area contributed by atoms with E-state index in [9.17, 15) is 0 Å². The first-order valence-electron chi connectivity index (χ1n) is 13.1. The van der Waals surface area contributed by atoms with E-state index < -0.39 is 0 Å². The molecule has 0 N–H and O–H groups in total. The second-order valence-corrected chi connectivity index (χ2v) is 10.7. The molecule has 2 aromatic rings. The maximum absolute atomic E-state index is 3.89. The molecule has 0 saturated heterocycles. The normalized spacial score (nSPS) is 18.9. The zero-order valence-electron chi connectivity index (χ0n) is 20.0. The average Bonchev–Trinajstić information content (AvgIpc) is 2.80. The van der Waals surface area contributed by atoms with Crippen molar-refractivity contribution in [2.45, 2.75) is 110 Å². The predicted molar refractivity (Wildman–Crippen MR) is 140 cm³/mol. The third-order valence-electron chi connectivity index (χ3n) is 7.39. The first-order valence-corrected chi connectivity index (χ1v) is 13.8. The van der Waals surface area contributed by atoms with Crippen LogP contribution in [0, 0.1) is 5.92 Å². The maximum atomic E-state index is 3.89. The molecule has 0 amide bonds. The molecule has 1 aliphatic rings. The second-order valence-electron chi connectivity index (χ2n) is 9.84. The van der Waals surface area contributed by atoms with Crippen LogP contribution in [0.1, 0.15) is 113 Å². The van der Waals surface area contributed by atoms with Gasteiger partial charge in [0.15, 0.2) is 0 Å². The van der Waals surface area contributed by atoms with E-state index in [0.717, 1.165) is 24.7 Å². The van der Waals surface area contributed by atoms with Crippen LogP contribution in [0.15, 0.2) is 46.9 Å². The Labute approximate surface area is 200 Å². The minimum absolute atomic E-state index is 0.771. The van der Waals surface area contributed by atoms with Crippen LogP contribution in [0.5, 0.6) is 0 Å². The highest BCUT2D eigenvalue weighted by atomic mass is 79.9. The van der Waals surface area contributed by atoms with Crippen LogP contribution in [0.25, 0.3) is 0 Å². The van der Waals surface area contributed by atoms with Crippen LogP contribution in [0.3, 0.4) is 0 Å². The molecule has 0 radical (unpaired) electrons. The summed E-state index contributed by atoms with van der Waals surface area (Å²) in [6, 6.07) is 16.6. The van der Waals surface area contributed by atoms with Gasteiger partial charge in [0.2, 0.25) is 0 Å². The van der Waals surface area contributed by atoms with Crippen molar-refractivity contribution in [3.63, 3.8) is 0 Å². The highest BCUT2D eigenvalue weighted by Crippen LogP contribution is 2.39. The van der Waals surface area contributed by atoms with E-state index in [-0.39, 0.29) is 0 Å². The molecule has 0 unspecified atom stereocenters. The lowest BCUT2D eigenvalue weighted by molar-refractivity contribution is 0.302. The molecule has 1 fully saturated rings. The van der Waals surface area contributed by atoms with E-state index in [0.29, 0.717) is 0 Å². The fourth-order valence-corrected chi connectivity index (χ4v) is 5.81. The Morgan fingerprint density at radius 3 is 2.00 bits per heavy atom. The summed E-state index contributed by atoms with van der Waals surface area (Å²) < 4.78 is 1.31. The molecule has 0 spiro atoms. The number of halogens is 1. The third kappa shape index (κ3) is 8.08. The molecular formula is C30H43Br. The van der Waals surface area contributed by atoms with Crippen molar-refractivity contribution >= 4 is 15.9 Å². The molecule has 0 heterocycles. The van der Waals surface area contributed by atoms with Gasteiger partial charge in [-0.1, -0.05) is 105 Å². The van der Waals surface area contributed by atoms with Gasteiger partial charge in [-0.15, -0.1) is 0 Å². The van der Waals surface area contributed by atoms with Gasteiger partial charge < -0.3 is 0 Å². The van der Waals surface area contributed by atoms with E-state index in [1.807, 2.05) is 0 Å². The summed E-state index contributed by atoms with van der Waals surface area (Å²) in [5, 5.41) is 0. The fraction of sp³-hybridized carbons (Fsp3) is 0.600. The Kier molecular flexibility index (Phi) is 10.7. The van der Waals surface area contributed by atoms with E-state index in [1.54, 1.807) is 5.56 Å². The predicted octanol–water partition coefficient (Wildman–Crippen LogP) is 9.82. The molecule has 1 saturated carbocycles. The lowest BCUT2D eigenvalue weighted by Gasteiger charge is -2.29. The first kappa shape index (κ1) is 24.6. The van der Waals surface area contributed by atoms with Crippen LogP contribution >= 0.6 is 15.9 Å². The highest BCUT2D eigenvalue weighted by molar-refractivity contribution is 9.10. The van der Waals surface area contributed by atoms with Gasteiger partial charge in [-0.25, -0.2) is 0 Å². The average molecular weight is 484 g/mol. The summed E-state index contributed by atoms with van der Waals surface area (Å²) in [6.45, 7) is 4.58. The van der Waals surface area contributed by atoms with Crippen molar-refractivity contribution in [2.75, 3.05) is 0 Å². The Balaban J connectivity index is 1.46. The minimum Gasteiger partial charge on any atom is -0.0654 e. The molecule has 3 rings (SSSR count). The Morgan fingerprint density at radius 2 is 1.35 bits per heavy atom. The van der Waals surface area contributed by atoms with Crippen molar-refractivity contribution in [1.29, 1.82) is 0 Å². The molecule has 0 aromatic heterocycles. The van der Waals surface area contributed by atoms with Gasteiger partial charge in [0.1, 0.15) is 0 Å². The number of benzene rings is 2. The molecule has 0 atom stereocenters. The minimum atomic E-state index is 0.771. The van der Waals surface area contributed by atoms with Gasteiger partial charge in [0, 0.05) is 4.47 Å². The Bertz CT molecular complexity index is 752. The van der Waals surface area contributed by atoms with Crippen molar-refractivity contribution in [3.8, 4) is 0 Å². The third-order valence-corrected chi connectivity index (χ3v) is 8.12. The monoisotopic (exact) mass is 482 g/mol. The number of rotatable bonds is 12.